The van der Waals surface area contributed by atoms with E-state index in [2.05, 4.69) is 43.7 Å². The molecule has 0 heterocycles. The number of hydrogen-bond acceptors (Lipinski definition) is 7. The van der Waals surface area contributed by atoms with Crippen molar-refractivity contribution in [2.24, 2.45) is 22.2 Å². The molecule has 1 fully saturated rings. The van der Waals surface area contributed by atoms with Crippen molar-refractivity contribution in [2.75, 3.05) is 13.1 Å². The number of hydrogen-bond donors (Lipinski definition) is 8. The first-order valence-corrected chi connectivity index (χ1v) is 21.3. The molecule has 4 aromatic rings. The summed E-state index contributed by atoms with van der Waals surface area (Å²) in [5.74, 6) is -3.43. The lowest BCUT2D eigenvalue weighted by Crippen LogP contribution is -2.64. The van der Waals surface area contributed by atoms with E-state index in [-0.39, 0.29) is 56.4 Å². The zero-order valence-corrected chi connectivity index (χ0v) is 35.2. The second-order valence-electron chi connectivity index (χ2n) is 15.9. The van der Waals surface area contributed by atoms with Crippen molar-refractivity contribution in [2.45, 2.75) is 101 Å². The fraction of sp³-hybridized carbons (Fsp3) is 0.383. The van der Waals surface area contributed by atoms with Gasteiger partial charge in [0.25, 0.3) is 0 Å². The highest BCUT2D eigenvalue weighted by molar-refractivity contribution is 5.97. The number of amides is 6. The molecule has 0 aliphatic heterocycles. The van der Waals surface area contributed by atoms with Crippen LogP contribution in [-0.2, 0) is 41.6 Å². The molecule has 3 atom stereocenters. The van der Waals surface area contributed by atoms with E-state index in [1.54, 1.807) is 0 Å². The minimum Gasteiger partial charge on any atom is -0.370 e. The van der Waals surface area contributed by atoms with Crippen LogP contribution in [0.2, 0.25) is 0 Å². The average molecular weight is 846 g/mol. The Morgan fingerprint density at radius 1 is 0.694 bits per heavy atom. The van der Waals surface area contributed by atoms with Crippen molar-refractivity contribution in [3.05, 3.63) is 120 Å². The van der Waals surface area contributed by atoms with Crippen molar-refractivity contribution in [3.8, 4) is 0 Å². The molecule has 15 nitrogen and oxygen atoms in total. The molecule has 5 rings (SSSR count). The highest BCUT2D eigenvalue weighted by atomic mass is 16.2. The third-order valence-electron chi connectivity index (χ3n) is 11.2. The van der Waals surface area contributed by atoms with Crippen molar-refractivity contribution in [1.82, 2.24) is 26.6 Å². The van der Waals surface area contributed by atoms with Gasteiger partial charge in [0, 0.05) is 25.8 Å². The van der Waals surface area contributed by atoms with Gasteiger partial charge in [-0.3, -0.25) is 33.8 Å². The van der Waals surface area contributed by atoms with Crippen LogP contribution < -0.4 is 43.8 Å². The monoisotopic (exact) mass is 845 g/mol. The summed E-state index contributed by atoms with van der Waals surface area (Å²) in [5.41, 5.74) is 17.8. The van der Waals surface area contributed by atoms with Gasteiger partial charge in [0.05, 0.1) is 6.54 Å². The maximum atomic E-state index is 14.6. The summed E-state index contributed by atoms with van der Waals surface area (Å²) in [5, 5.41) is 16.1. The Balaban J connectivity index is 1.41. The molecule has 0 bridgehead atoms. The molecule has 1 aliphatic carbocycles. The molecular weight excluding hydrogens is 787 g/mol. The Morgan fingerprint density at radius 3 is 1.95 bits per heavy atom. The van der Waals surface area contributed by atoms with Gasteiger partial charge in [-0.15, -0.1) is 0 Å². The van der Waals surface area contributed by atoms with E-state index in [9.17, 15) is 28.8 Å². The molecule has 4 aromatic carbocycles. The highest BCUT2D eigenvalue weighted by Crippen LogP contribution is 2.38. The predicted octanol–water partition coefficient (Wildman–Crippen LogP) is 2.75. The van der Waals surface area contributed by atoms with E-state index in [4.69, 9.17) is 17.2 Å². The Kier molecular flexibility index (Phi) is 17.0. The third kappa shape index (κ3) is 13.6. The number of nitrogens with one attached hydrogen (secondary N) is 5. The number of nitrogens with zero attached hydrogens (tertiary/aromatic N) is 1. The van der Waals surface area contributed by atoms with E-state index in [1.165, 1.54) is 0 Å². The average Bonchev–Trinajstić information content (AvgIpc) is 3.26. The van der Waals surface area contributed by atoms with Crippen LogP contribution >= 0.6 is 0 Å². The first-order valence-electron chi connectivity index (χ1n) is 21.3. The summed E-state index contributed by atoms with van der Waals surface area (Å²) in [7, 11) is 0. The molecule has 0 aromatic heterocycles. The fourth-order valence-corrected chi connectivity index (χ4v) is 7.92. The molecule has 3 unspecified atom stereocenters. The molecule has 0 spiro atoms. The molecule has 1 saturated carbocycles. The minimum atomic E-state index is -1.27. The van der Waals surface area contributed by atoms with Gasteiger partial charge in [0.2, 0.25) is 35.4 Å². The van der Waals surface area contributed by atoms with Gasteiger partial charge in [-0.25, -0.2) is 0 Å². The van der Waals surface area contributed by atoms with Crippen molar-refractivity contribution in [1.29, 1.82) is 0 Å². The van der Waals surface area contributed by atoms with E-state index in [1.807, 2.05) is 97.9 Å². The van der Waals surface area contributed by atoms with E-state index >= 15 is 0 Å². The second-order valence-corrected chi connectivity index (χ2v) is 15.9. The molecular formula is C47H59N9O6. The quantitative estimate of drug-likeness (QED) is 0.0351. The van der Waals surface area contributed by atoms with Crippen LogP contribution in [0.15, 0.2) is 108 Å². The van der Waals surface area contributed by atoms with Gasteiger partial charge < -0.3 is 43.8 Å². The molecule has 0 saturated heterocycles. The Bertz CT molecular complexity index is 2190. The van der Waals surface area contributed by atoms with Gasteiger partial charge in [0.1, 0.15) is 23.7 Å². The lowest BCUT2D eigenvalue weighted by atomic mass is 9.73. The van der Waals surface area contributed by atoms with Crippen molar-refractivity contribution >= 4 is 52.2 Å². The number of carbonyl (C=O) groups excluding carboxylic acids is 6. The molecule has 6 amide bonds. The third-order valence-corrected chi connectivity index (χ3v) is 11.2. The molecule has 11 N–H and O–H groups in total. The number of nitrogens with two attached hydrogens (primary N) is 3. The van der Waals surface area contributed by atoms with Crippen LogP contribution in [0, 0.1) is 0 Å². The molecule has 15 heteroatoms. The van der Waals surface area contributed by atoms with Crippen LogP contribution in [0.3, 0.4) is 0 Å². The lowest BCUT2D eigenvalue weighted by Gasteiger charge is -2.40. The first-order chi connectivity index (χ1) is 29.9. The van der Waals surface area contributed by atoms with Crippen LogP contribution in [0.1, 0.15) is 80.9 Å². The number of aliphatic imine (C=N–C) groups is 1. The number of guanidine groups is 1. The van der Waals surface area contributed by atoms with Crippen molar-refractivity contribution < 1.29 is 28.8 Å². The maximum Gasteiger partial charge on any atom is 0.246 e. The summed E-state index contributed by atoms with van der Waals surface area (Å²) in [4.78, 5) is 85.7. The van der Waals surface area contributed by atoms with E-state index < -0.39 is 59.7 Å². The van der Waals surface area contributed by atoms with Gasteiger partial charge >= 0.3 is 0 Å². The number of rotatable bonds is 21. The van der Waals surface area contributed by atoms with Gasteiger partial charge in [-0.2, -0.15) is 0 Å². The van der Waals surface area contributed by atoms with Crippen LogP contribution in [-0.4, -0.2) is 78.2 Å². The standard InChI is InChI=1S/C47H59N9O6/c1-2-12-41(58)56-47(24-22-35(23-25-47)33-15-7-4-8-16-33)45(62)55-39(28-31-13-5-3-6-14-31)44(61)53-37(19-11-26-51-46(49)50)43(60)54-38(42(59)52-30-40(48)57)29-32-20-21-34-17-9-10-18-36(34)27-32/h3-10,13-18,20-21,27,35,37-39H,2,11-12,19,22-26,28-30H2,1H3,(H2,48,57)(H,52,59)(H,53,61)(H,54,60)(H,55,62)(H,56,58)(H4,49,50,51). The molecule has 328 valence electrons. The van der Waals surface area contributed by atoms with Crippen LogP contribution in [0.4, 0.5) is 0 Å². The Labute approximate surface area is 362 Å². The van der Waals surface area contributed by atoms with Crippen molar-refractivity contribution in [3.63, 3.8) is 0 Å². The number of benzene rings is 4. The number of primary amides is 1. The summed E-state index contributed by atoms with van der Waals surface area (Å²) >= 11 is 0. The molecule has 1 aliphatic rings. The smallest absolute Gasteiger partial charge is 0.246 e. The highest BCUT2D eigenvalue weighted by Gasteiger charge is 2.44. The second kappa shape index (κ2) is 22.7. The van der Waals surface area contributed by atoms with Crippen LogP contribution in [0.5, 0.6) is 0 Å². The summed E-state index contributed by atoms with van der Waals surface area (Å²) in [6.07, 6.45) is 3.30. The minimum absolute atomic E-state index is 0.0550. The lowest BCUT2D eigenvalue weighted by molar-refractivity contribution is -0.138. The van der Waals surface area contributed by atoms with Gasteiger partial charge in [-0.05, 0) is 78.3 Å². The SMILES string of the molecule is CCCC(=O)NC1(C(=O)NC(Cc2ccccc2)C(=O)NC(CCCN=C(N)N)C(=O)NC(Cc2ccc3ccccc3c2)C(=O)NCC(N)=O)CCC(c2ccccc2)CC1. The van der Waals surface area contributed by atoms with E-state index in [0.29, 0.717) is 32.1 Å². The Hall–Kier alpha value is -6.77. The predicted molar refractivity (Wildman–Crippen MR) is 239 cm³/mol. The van der Waals surface area contributed by atoms with Gasteiger partial charge in [-0.1, -0.05) is 110 Å². The van der Waals surface area contributed by atoms with Gasteiger partial charge in [0.15, 0.2) is 5.96 Å². The maximum absolute atomic E-state index is 14.6. The number of fused-ring (bicyclic) bond motifs is 1. The molecule has 62 heavy (non-hydrogen) atoms. The molecule has 0 radical (unpaired) electrons. The summed E-state index contributed by atoms with van der Waals surface area (Å²) < 4.78 is 0. The first kappa shape index (κ1) is 46.3. The topological polar surface area (TPSA) is 253 Å². The summed E-state index contributed by atoms with van der Waals surface area (Å²) in [6.45, 7) is 1.59. The fourth-order valence-electron chi connectivity index (χ4n) is 7.92. The number of carbonyl (C=O) groups is 6. The zero-order chi connectivity index (χ0) is 44.5. The summed E-state index contributed by atoms with van der Waals surface area (Å²) in [6, 6.07) is 29.0. The Morgan fingerprint density at radius 2 is 1.29 bits per heavy atom. The normalized spacial score (nSPS) is 17.3. The largest absolute Gasteiger partial charge is 0.370 e. The zero-order valence-electron chi connectivity index (χ0n) is 35.2. The van der Waals surface area contributed by atoms with Crippen LogP contribution in [0.25, 0.3) is 10.8 Å². The van der Waals surface area contributed by atoms with E-state index in [0.717, 1.165) is 27.5 Å².